The number of aromatic carboxylic acids is 1. The molecule has 1 saturated carbocycles. The summed E-state index contributed by atoms with van der Waals surface area (Å²) in [6.45, 7) is 0.284. The molecule has 7 heteroatoms. The van der Waals surface area contributed by atoms with E-state index < -0.39 is 28.0 Å². The lowest BCUT2D eigenvalue weighted by Gasteiger charge is -2.07. The van der Waals surface area contributed by atoms with E-state index in [4.69, 9.17) is 9.84 Å². The molecule has 0 saturated heterocycles. The van der Waals surface area contributed by atoms with Gasteiger partial charge in [-0.05, 0) is 18.8 Å². The first-order valence-corrected chi connectivity index (χ1v) is 5.33. The highest BCUT2D eigenvalue weighted by molar-refractivity contribution is 5.89. The van der Waals surface area contributed by atoms with Crippen LogP contribution in [0.15, 0.2) is 12.1 Å². The predicted octanol–water partition coefficient (Wildman–Crippen LogP) is 2.22. The highest BCUT2D eigenvalue weighted by Gasteiger charge is 2.26. The summed E-state index contributed by atoms with van der Waals surface area (Å²) in [5.74, 6) is -2.47. The number of hydrogen-bond donors (Lipinski definition) is 1. The third-order valence-corrected chi connectivity index (χ3v) is 2.65. The van der Waals surface area contributed by atoms with E-state index in [2.05, 4.69) is 0 Å². The van der Waals surface area contributed by atoms with Gasteiger partial charge in [0.05, 0.1) is 11.5 Å². The number of nitrogens with zero attached hydrogens (tertiary/aromatic N) is 1. The third-order valence-electron chi connectivity index (χ3n) is 2.65. The standard InChI is InChI=1S/C11H10FNO5/c12-8-4-10(18-5-6-1-2-6)9(13(16)17)3-7(8)11(14)15/h3-4,6H,1-2,5H2,(H,14,15). The van der Waals surface area contributed by atoms with Gasteiger partial charge in [-0.3, -0.25) is 10.1 Å². The van der Waals surface area contributed by atoms with Gasteiger partial charge < -0.3 is 9.84 Å². The molecule has 0 bridgehead atoms. The second-order valence-electron chi connectivity index (χ2n) is 4.12. The number of nitro groups is 1. The van der Waals surface area contributed by atoms with Gasteiger partial charge in [-0.1, -0.05) is 0 Å². The molecule has 1 aliphatic rings. The minimum Gasteiger partial charge on any atom is -0.486 e. The van der Waals surface area contributed by atoms with Crippen LogP contribution in [0.4, 0.5) is 10.1 Å². The second-order valence-corrected chi connectivity index (χ2v) is 4.12. The summed E-state index contributed by atoms with van der Waals surface area (Å²) >= 11 is 0. The normalized spacial score (nSPS) is 14.3. The summed E-state index contributed by atoms with van der Waals surface area (Å²) in [4.78, 5) is 20.7. The van der Waals surface area contributed by atoms with Gasteiger partial charge in [-0.15, -0.1) is 0 Å². The van der Waals surface area contributed by atoms with Crippen LogP contribution in [0.1, 0.15) is 23.2 Å². The maximum absolute atomic E-state index is 13.4. The molecular formula is C11H10FNO5. The van der Waals surface area contributed by atoms with Gasteiger partial charge in [-0.2, -0.15) is 0 Å². The minimum absolute atomic E-state index is 0.227. The lowest BCUT2D eigenvalue weighted by atomic mass is 10.1. The zero-order valence-electron chi connectivity index (χ0n) is 9.26. The Hall–Kier alpha value is -2.18. The molecule has 96 valence electrons. The van der Waals surface area contributed by atoms with Crippen LogP contribution in [0.2, 0.25) is 0 Å². The van der Waals surface area contributed by atoms with Crippen molar-refractivity contribution in [3.63, 3.8) is 0 Å². The van der Waals surface area contributed by atoms with E-state index in [0.29, 0.717) is 12.0 Å². The van der Waals surface area contributed by atoms with Crippen LogP contribution >= 0.6 is 0 Å². The molecule has 0 aliphatic heterocycles. The van der Waals surface area contributed by atoms with Crippen LogP contribution in [-0.4, -0.2) is 22.6 Å². The van der Waals surface area contributed by atoms with Crippen LogP contribution in [0.3, 0.4) is 0 Å². The number of nitro benzene ring substituents is 1. The molecule has 1 aromatic rings. The van der Waals surface area contributed by atoms with Crippen molar-refractivity contribution < 1.29 is 24.0 Å². The van der Waals surface area contributed by atoms with Crippen LogP contribution in [-0.2, 0) is 0 Å². The fourth-order valence-electron chi connectivity index (χ4n) is 1.46. The fourth-order valence-corrected chi connectivity index (χ4v) is 1.46. The molecule has 1 N–H and O–H groups in total. The number of halogens is 1. The highest BCUT2D eigenvalue weighted by atomic mass is 19.1. The van der Waals surface area contributed by atoms with Crippen molar-refractivity contribution in [2.24, 2.45) is 5.92 Å². The largest absolute Gasteiger partial charge is 0.486 e. The Morgan fingerprint density at radius 2 is 2.22 bits per heavy atom. The maximum atomic E-state index is 13.4. The van der Waals surface area contributed by atoms with Crippen molar-refractivity contribution in [3.8, 4) is 5.75 Å². The molecule has 0 unspecified atom stereocenters. The van der Waals surface area contributed by atoms with Crippen LogP contribution in [0.25, 0.3) is 0 Å². The number of carboxylic acid groups (broad SMARTS) is 1. The zero-order chi connectivity index (χ0) is 13.3. The first-order chi connectivity index (χ1) is 8.49. The Morgan fingerprint density at radius 1 is 1.56 bits per heavy atom. The number of hydrogen-bond acceptors (Lipinski definition) is 4. The smallest absolute Gasteiger partial charge is 0.338 e. The summed E-state index contributed by atoms with van der Waals surface area (Å²) < 4.78 is 18.6. The Kier molecular flexibility index (Phi) is 3.14. The number of carboxylic acids is 1. The summed E-state index contributed by atoms with van der Waals surface area (Å²) in [5.41, 5.74) is -1.27. The van der Waals surface area contributed by atoms with Gasteiger partial charge >= 0.3 is 11.7 Å². The molecule has 0 heterocycles. The Balaban J connectivity index is 2.33. The molecule has 18 heavy (non-hydrogen) atoms. The van der Waals surface area contributed by atoms with Gasteiger partial charge in [0.15, 0.2) is 5.75 Å². The third kappa shape index (κ3) is 2.55. The molecule has 0 spiro atoms. The van der Waals surface area contributed by atoms with Crippen LogP contribution in [0, 0.1) is 21.8 Å². The molecule has 0 aromatic heterocycles. The SMILES string of the molecule is O=C(O)c1cc([N+](=O)[O-])c(OCC2CC2)cc1F. The van der Waals surface area contributed by atoms with E-state index in [9.17, 15) is 19.3 Å². The quantitative estimate of drug-likeness (QED) is 0.643. The van der Waals surface area contributed by atoms with Gasteiger partial charge in [-0.25, -0.2) is 9.18 Å². The first kappa shape index (κ1) is 12.3. The Labute approximate surface area is 101 Å². The Morgan fingerprint density at radius 3 is 2.72 bits per heavy atom. The number of benzene rings is 1. The van der Waals surface area contributed by atoms with Crippen molar-refractivity contribution in [3.05, 3.63) is 33.6 Å². The van der Waals surface area contributed by atoms with Crippen molar-refractivity contribution in [2.45, 2.75) is 12.8 Å². The van der Waals surface area contributed by atoms with E-state index >= 15 is 0 Å². The van der Waals surface area contributed by atoms with E-state index in [-0.39, 0.29) is 12.4 Å². The molecular weight excluding hydrogens is 245 g/mol. The van der Waals surface area contributed by atoms with Crippen molar-refractivity contribution in [1.29, 1.82) is 0 Å². The molecule has 0 radical (unpaired) electrons. The van der Waals surface area contributed by atoms with E-state index in [1.165, 1.54) is 0 Å². The molecule has 0 atom stereocenters. The first-order valence-electron chi connectivity index (χ1n) is 5.33. The molecule has 2 rings (SSSR count). The lowest BCUT2D eigenvalue weighted by molar-refractivity contribution is -0.386. The van der Waals surface area contributed by atoms with Gasteiger partial charge in [0.2, 0.25) is 0 Å². The lowest BCUT2D eigenvalue weighted by Crippen LogP contribution is -2.06. The summed E-state index contributed by atoms with van der Waals surface area (Å²) in [6, 6.07) is 1.43. The number of ether oxygens (including phenoxy) is 1. The Bertz CT molecular complexity index is 512. The fraction of sp³-hybridized carbons (Fsp3) is 0.364. The van der Waals surface area contributed by atoms with E-state index in [1.54, 1.807) is 0 Å². The molecule has 1 aliphatic carbocycles. The average Bonchev–Trinajstić information content (AvgIpc) is 3.09. The summed E-state index contributed by atoms with van der Waals surface area (Å²) in [7, 11) is 0. The summed E-state index contributed by atoms with van der Waals surface area (Å²) in [5, 5.41) is 19.5. The number of carbonyl (C=O) groups is 1. The second kappa shape index (κ2) is 4.59. The minimum atomic E-state index is -1.55. The van der Waals surface area contributed by atoms with Crippen molar-refractivity contribution in [1.82, 2.24) is 0 Å². The highest BCUT2D eigenvalue weighted by Crippen LogP contribution is 2.34. The molecule has 0 amide bonds. The van der Waals surface area contributed by atoms with E-state index in [1.807, 2.05) is 0 Å². The molecule has 1 fully saturated rings. The van der Waals surface area contributed by atoms with Gasteiger partial charge in [0.25, 0.3) is 0 Å². The van der Waals surface area contributed by atoms with E-state index in [0.717, 1.165) is 18.9 Å². The van der Waals surface area contributed by atoms with Gasteiger partial charge in [0, 0.05) is 12.1 Å². The van der Waals surface area contributed by atoms with Crippen LogP contribution in [0.5, 0.6) is 5.75 Å². The van der Waals surface area contributed by atoms with Crippen LogP contribution < -0.4 is 4.74 Å². The molecule has 1 aromatic carbocycles. The van der Waals surface area contributed by atoms with Crippen molar-refractivity contribution in [2.75, 3.05) is 6.61 Å². The monoisotopic (exact) mass is 255 g/mol. The predicted molar refractivity (Wildman–Crippen MR) is 58.2 cm³/mol. The average molecular weight is 255 g/mol. The molecule has 6 nitrogen and oxygen atoms in total. The van der Waals surface area contributed by atoms with Gasteiger partial charge in [0.1, 0.15) is 11.4 Å². The maximum Gasteiger partial charge on any atom is 0.338 e. The zero-order valence-corrected chi connectivity index (χ0v) is 9.26. The topological polar surface area (TPSA) is 89.7 Å². The number of rotatable bonds is 5. The summed E-state index contributed by atoms with van der Waals surface area (Å²) in [6.07, 6.45) is 1.98. The van der Waals surface area contributed by atoms with Crippen molar-refractivity contribution >= 4 is 11.7 Å².